The van der Waals surface area contributed by atoms with E-state index in [-0.39, 0.29) is 17.2 Å². The zero-order chi connectivity index (χ0) is 28.0. The Labute approximate surface area is 231 Å². The number of fused-ring (bicyclic) bond motifs is 1. The number of morpholine rings is 1. The fraction of sp³-hybridized carbons (Fsp3) is 0.385. The number of allylic oxidation sites excluding steroid dienone is 1. The second-order valence-electron chi connectivity index (χ2n) is 10.00. The molecule has 1 aromatic carbocycles. The number of amidine groups is 1. The van der Waals surface area contributed by atoms with E-state index in [9.17, 15) is 9.90 Å². The number of hydrogen-bond acceptors (Lipinski definition) is 11. The SMILES string of the molecule is CC(C)(C)/C(O)=C/C(=N)NC(=O)c1ccc(Cl)c(Nc2ncnc3cnc(NCCN4CCOCC4)nc23)c1. The first-order valence-corrected chi connectivity index (χ1v) is 12.9. The lowest BCUT2D eigenvalue weighted by Gasteiger charge is -2.26. The van der Waals surface area contributed by atoms with Crippen LogP contribution in [0.5, 0.6) is 0 Å². The standard InChI is InChI=1S/C26H32ClN9O3/c1-26(2,3)20(37)13-21(28)34-24(38)16-4-5-17(27)18(12-16)33-23-22-19(31-15-32-23)14-30-25(35-22)29-6-7-36-8-10-39-11-9-36/h4-5,12-15,37H,6-11H2,1-3H3,(H2,28,34,38)(H,29,30,35)(H,31,32,33)/b20-13-. The summed E-state index contributed by atoms with van der Waals surface area (Å²) in [6.45, 7) is 10.2. The summed E-state index contributed by atoms with van der Waals surface area (Å²) in [4.78, 5) is 32.6. The van der Waals surface area contributed by atoms with Crippen molar-refractivity contribution in [2.24, 2.45) is 5.41 Å². The molecule has 3 aromatic rings. The third-order valence-electron chi connectivity index (χ3n) is 5.97. The summed E-state index contributed by atoms with van der Waals surface area (Å²) in [7, 11) is 0. The molecule has 0 bridgehead atoms. The monoisotopic (exact) mass is 553 g/mol. The molecule has 0 atom stereocenters. The summed E-state index contributed by atoms with van der Waals surface area (Å²) in [5, 5.41) is 27.3. The highest BCUT2D eigenvalue weighted by Gasteiger charge is 2.18. The van der Waals surface area contributed by atoms with Gasteiger partial charge in [0.05, 0.1) is 30.1 Å². The molecule has 39 heavy (non-hydrogen) atoms. The van der Waals surface area contributed by atoms with E-state index >= 15 is 0 Å². The number of amides is 1. The predicted octanol–water partition coefficient (Wildman–Crippen LogP) is 3.76. The van der Waals surface area contributed by atoms with Gasteiger partial charge in [0.2, 0.25) is 5.95 Å². The zero-order valence-corrected chi connectivity index (χ0v) is 22.8. The van der Waals surface area contributed by atoms with Crippen LogP contribution in [0, 0.1) is 10.8 Å². The number of aliphatic hydroxyl groups excluding tert-OH is 1. The predicted molar refractivity (Wildman–Crippen MR) is 151 cm³/mol. The number of rotatable bonds is 8. The third kappa shape index (κ3) is 7.59. The molecule has 0 spiro atoms. The maximum atomic E-state index is 12.8. The Balaban J connectivity index is 1.48. The average Bonchev–Trinajstić information content (AvgIpc) is 2.90. The van der Waals surface area contributed by atoms with Crippen molar-refractivity contribution in [1.29, 1.82) is 5.41 Å². The van der Waals surface area contributed by atoms with Crippen LogP contribution in [-0.4, -0.2) is 81.1 Å². The van der Waals surface area contributed by atoms with Gasteiger partial charge in [0.1, 0.15) is 29.0 Å². The van der Waals surface area contributed by atoms with E-state index in [4.69, 9.17) is 21.7 Å². The van der Waals surface area contributed by atoms with Crippen LogP contribution in [-0.2, 0) is 4.74 Å². The second-order valence-corrected chi connectivity index (χ2v) is 10.4. The fourth-order valence-corrected chi connectivity index (χ4v) is 3.82. The number of benzene rings is 1. The van der Waals surface area contributed by atoms with Crippen LogP contribution in [0.2, 0.25) is 5.02 Å². The van der Waals surface area contributed by atoms with Gasteiger partial charge in [-0.05, 0) is 18.2 Å². The number of carbonyl (C=O) groups excluding carboxylic acids is 1. The minimum atomic E-state index is -0.545. The Morgan fingerprint density at radius 3 is 2.74 bits per heavy atom. The van der Waals surface area contributed by atoms with Crippen LogP contribution in [0.15, 0.2) is 42.6 Å². The Morgan fingerprint density at radius 2 is 2.00 bits per heavy atom. The summed E-state index contributed by atoms with van der Waals surface area (Å²) in [5.74, 6) is 0.0592. The van der Waals surface area contributed by atoms with Crippen molar-refractivity contribution < 1.29 is 14.6 Å². The number of carbonyl (C=O) groups is 1. The molecule has 2 aromatic heterocycles. The van der Waals surface area contributed by atoms with Crippen LogP contribution in [0.1, 0.15) is 31.1 Å². The van der Waals surface area contributed by atoms with Gasteiger partial charge in [0, 0.05) is 43.2 Å². The van der Waals surface area contributed by atoms with E-state index in [2.05, 4.69) is 40.8 Å². The first-order valence-electron chi connectivity index (χ1n) is 12.5. The van der Waals surface area contributed by atoms with Crippen LogP contribution in [0.3, 0.4) is 0 Å². The molecule has 13 heteroatoms. The van der Waals surface area contributed by atoms with Crippen LogP contribution >= 0.6 is 11.6 Å². The first kappa shape index (κ1) is 28.1. The van der Waals surface area contributed by atoms with Crippen molar-refractivity contribution >= 4 is 51.8 Å². The summed E-state index contributed by atoms with van der Waals surface area (Å²) < 4.78 is 5.38. The van der Waals surface area contributed by atoms with Gasteiger partial charge in [0.15, 0.2) is 5.82 Å². The highest BCUT2D eigenvalue weighted by atomic mass is 35.5. The van der Waals surface area contributed by atoms with Crippen molar-refractivity contribution in [2.75, 3.05) is 50.0 Å². The number of aliphatic hydroxyl groups is 1. The van der Waals surface area contributed by atoms with E-state index in [1.54, 1.807) is 45.2 Å². The van der Waals surface area contributed by atoms with E-state index < -0.39 is 11.3 Å². The third-order valence-corrected chi connectivity index (χ3v) is 6.30. The lowest BCUT2D eigenvalue weighted by molar-refractivity contribution is 0.0398. The van der Waals surface area contributed by atoms with E-state index in [0.29, 0.717) is 40.1 Å². The number of ether oxygens (including phenoxy) is 1. The molecular weight excluding hydrogens is 522 g/mol. The van der Waals surface area contributed by atoms with Gasteiger partial charge in [-0.2, -0.15) is 0 Å². The smallest absolute Gasteiger partial charge is 0.256 e. The van der Waals surface area contributed by atoms with Crippen molar-refractivity contribution in [3.05, 3.63) is 53.1 Å². The normalized spacial score (nSPS) is 14.7. The number of anilines is 3. The summed E-state index contributed by atoms with van der Waals surface area (Å²) in [5.41, 5.74) is 1.15. The lowest BCUT2D eigenvalue weighted by Crippen LogP contribution is -2.39. The molecule has 5 N–H and O–H groups in total. The average molecular weight is 554 g/mol. The zero-order valence-electron chi connectivity index (χ0n) is 22.1. The topological polar surface area (TPSA) is 161 Å². The summed E-state index contributed by atoms with van der Waals surface area (Å²) in [6.07, 6.45) is 4.22. The largest absolute Gasteiger partial charge is 0.512 e. The molecular formula is C26H32ClN9O3. The Bertz CT molecular complexity index is 1380. The summed E-state index contributed by atoms with van der Waals surface area (Å²) >= 11 is 6.42. The van der Waals surface area contributed by atoms with E-state index in [1.807, 2.05) is 0 Å². The minimum absolute atomic E-state index is 0.0150. The van der Waals surface area contributed by atoms with Gasteiger partial charge in [-0.15, -0.1) is 0 Å². The van der Waals surface area contributed by atoms with Crippen LogP contribution in [0.4, 0.5) is 17.5 Å². The minimum Gasteiger partial charge on any atom is -0.512 e. The molecule has 1 aliphatic rings. The highest BCUT2D eigenvalue weighted by molar-refractivity contribution is 6.33. The fourth-order valence-electron chi connectivity index (χ4n) is 3.66. The molecule has 1 fully saturated rings. The quantitative estimate of drug-likeness (QED) is 0.158. The Kier molecular flexibility index (Phi) is 8.90. The van der Waals surface area contributed by atoms with Crippen molar-refractivity contribution in [1.82, 2.24) is 30.2 Å². The molecule has 4 rings (SSSR count). The highest BCUT2D eigenvalue weighted by Crippen LogP contribution is 2.28. The number of nitrogens with one attached hydrogen (secondary N) is 4. The van der Waals surface area contributed by atoms with E-state index in [0.717, 1.165) is 32.8 Å². The summed E-state index contributed by atoms with van der Waals surface area (Å²) in [6, 6.07) is 4.66. The molecule has 1 aliphatic heterocycles. The molecule has 206 valence electrons. The molecule has 12 nitrogen and oxygen atoms in total. The molecule has 3 heterocycles. The number of hydrogen-bond donors (Lipinski definition) is 5. The molecule has 1 amide bonds. The number of nitrogens with zero attached hydrogens (tertiary/aromatic N) is 5. The molecule has 0 aliphatic carbocycles. The number of halogens is 1. The molecule has 0 unspecified atom stereocenters. The van der Waals surface area contributed by atoms with Gasteiger partial charge >= 0.3 is 0 Å². The van der Waals surface area contributed by atoms with E-state index in [1.165, 1.54) is 12.4 Å². The van der Waals surface area contributed by atoms with Crippen LogP contribution in [0.25, 0.3) is 11.0 Å². The van der Waals surface area contributed by atoms with Gasteiger partial charge in [-0.1, -0.05) is 32.4 Å². The number of aromatic nitrogens is 4. The lowest BCUT2D eigenvalue weighted by atomic mass is 9.93. The second kappa shape index (κ2) is 12.3. The van der Waals surface area contributed by atoms with Gasteiger partial charge in [0.25, 0.3) is 5.91 Å². The van der Waals surface area contributed by atoms with Crippen LogP contribution < -0.4 is 16.0 Å². The molecule has 0 saturated carbocycles. The molecule has 1 saturated heterocycles. The van der Waals surface area contributed by atoms with Gasteiger partial charge in [-0.25, -0.2) is 19.9 Å². The molecule has 0 radical (unpaired) electrons. The maximum Gasteiger partial charge on any atom is 0.256 e. The first-order chi connectivity index (χ1) is 18.6. The van der Waals surface area contributed by atoms with Crippen molar-refractivity contribution in [3.8, 4) is 0 Å². The maximum absolute atomic E-state index is 12.8. The Morgan fingerprint density at radius 1 is 1.23 bits per heavy atom. The Hall–Kier alpha value is -3.87. The van der Waals surface area contributed by atoms with Crippen molar-refractivity contribution in [3.63, 3.8) is 0 Å². The van der Waals surface area contributed by atoms with Gasteiger partial charge in [-0.3, -0.25) is 15.1 Å². The van der Waals surface area contributed by atoms with Crippen molar-refractivity contribution in [2.45, 2.75) is 20.8 Å². The van der Waals surface area contributed by atoms with Gasteiger partial charge < -0.3 is 25.8 Å².